The van der Waals surface area contributed by atoms with Crippen molar-refractivity contribution in [2.24, 2.45) is 0 Å². The van der Waals surface area contributed by atoms with Gasteiger partial charge in [-0.25, -0.2) is 13.2 Å². The van der Waals surface area contributed by atoms with Gasteiger partial charge < -0.3 is 19.9 Å². The number of ether oxygens (including phenoxy) is 1. The van der Waals surface area contributed by atoms with Crippen molar-refractivity contribution in [3.8, 4) is 0 Å². The molecule has 43 heavy (non-hydrogen) atoms. The molecule has 4 rings (SSSR count). The zero-order chi connectivity index (χ0) is 31.0. The lowest BCUT2D eigenvalue weighted by atomic mass is 10.0. The predicted octanol–water partition coefficient (Wildman–Crippen LogP) is 5.73. The number of fused-ring (bicyclic) bond motifs is 1. The Labute approximate surface area is 259 Å². The molecular formula is C31H44N4O6S2. The molecule has 236 valence electrons. The molecule has 0 spiro atoms. The third kappa shape index (κ3) is 7.77. The molecule has 3 amide bonds. The van der Waals surface area contributed by atoms with Crippen molar-refractivity contribution in [2.75, 3.05) is 44.6 Å². The molecule has 0 bridgehead atoms. The first-order valence-electron chi connectivity index (χ1n) is 15.5. The third-order valence-electron chi connectivity index (χ3n) is 7.94. The average molecular weight is 633 g/mol. The van der Waals surface area contributed by atoms with Crippen LogP contribution in [0, 0.1) is 0 Å². The van der Waals surface area contributed by atoms with Crippen LogP contribution in [0.2, 0.25) is 0 Å². The van der Waals surface area contributed by atoms with Gasteiger partial charge in [0, 0.05) is 43.2 Å². The molecule has 1 aromatic heterocycles. The fourth-order valence-corrected chi connectivity index (χ4v) is 8.23. The van der Waals surface area contributed by atoms with Gasteiger partial charge in [-0.3, -0.25) is 9.59 Å². The van der Waals surface area contributed by atoms with Gasteiger partial charge in [0.1, 0.15) is 5.00 Å². The van der Waals surface area contributed by atoms with Crippen LogP contribution >= 0.6 is 11.3 Å². The minimum atomic E-state index is -3.68. The largest absolute Gasteiger partial charge is 0.450 e. The SMILES string of the molecule is CCCCN(CCCC)S(=O)(=O)c1ccc(C(=O)Nc2sc3c(c2C(=O)N2CCCCC2)CCN(C(=O)OCC)C3)cc1. The normalized spacial score (nSPS) is 15.3. The van der Waals surface area contributed by atoms with Crippen LogP contribution in [-0.2, 0) is 27.7 Å². The van der Waals surface area contributed by atoms with Crippen LogP contribution in [0.15, 0.2) is 29.2 Å². The second-order valence-corrected chi connectivity index (χ2v) is 14.1. The fraction of sp³-hybridized carbons (Fsp3) is 0.581. The Hall–Kier alpha value is -2.96. The lowest BCUT2D eigenvalue weighted by Crippen LogP contribution is -2.38. The number of benzene rings is 1. The number of likely N-dealkylation sites (tertiary alicyclic amines) is 1. The fourth-order valence-electron chi connectivity index (χ4n) is 5.47. The number of piperidine rings is 1. The van der Waals surface area contributed by atoms with Crippen molar-refractivity contribution in [1.29, 1.82) is 0 Å². The highest BCUT2D eigenvalue weighted by atomic mass is 32.2. The molecule has 10 nitrogen and oxygen atoms in total. The summed E-state index contributed by atoms with van der Waals surface area (Å²) in [6.07, 6.45) is 6.43. The molecule has 3 heterocycles. The maximum Gasteiger partial charge on any atom is 0.410 e. The smallest absolute Gasteiger partial charge is 0.410 e. The summed E-state index contributed by atoms with van der Waals surface area (Å²) in [6.45, 7) is 9.13. The molecule has 2 aliphatic heterocycles. The molecular weight excluding hydrogens is 588 g/mol. The number of hydrogen-bond donors (Lipinski definition) is 1. The van der Waals surface area contributed by atoms with Crippen molar-refractivity contribution in [2.45, 2.75) is 83.6 Å². The van der Waals surface area contributed by atoms with Crippen LogP contribution in [0.1, 0.15) is 96.9 Å². The van der Waals surface area contributed by atoms with Crippen LogP contribution in [0.5, 0.6) is 0 Å². The predicted molar refractivity (Wildman–Crippen MR) is 168 cm³/mol. The number of thiophene rings is 1. The molecule has 1 aromatic carbocycles. The number of carbonyl (C=O) groups excluding carboxylic acids is 3. The summed E-state index contributed by atoms with van der Waals surface area (Å²) < 4.78 is 33.4. The van der Waals surface area contributed by atoms with Crippen LogP contribution in [-0.4, -0.2) is 79.8 Å². The number of carbonyl (C=O) groups is 3. The molecule has 2 aliphatic rings. The Kier molecular flexibility index (Phi) is 11.6. The van der Waals surface area contributed by atoms with Gasteiger partial charge in [-0.15, -0.1) is 11.3 Å². The average Bonchev–Trinajstić information content (AvgIpc) is 3.38. The number of unbranched alkanes of at least 4 members (excludes halogenated alkanes) is 2. The van der Waals surface area contributed by atoms with E-state index in [1.54, 1.807) is 11.8 Å². The van der Waals surface area contributed by atoms with E-state index in [4.69, 9.17) is 4.74 Å². The molecule has 2 aromatic rings. The topological polar surface area (TPSA) is 116 Å². The number of amides is 3. The van der Waals surface area contributed by atoms with E-state index >= 15 is 0 Å². The Morgan fingerprint density at radius 1 is 0.930 bits per heavy atom. The molecule has 1 fully saturated rings. The van der Waals surface area contributed by atoms with E-state index < -0.39 is 22.0 Å². The maximum atomic E-state index is 13.8. The summed E-state index contributed by atoms with van der Waals surface area (Å²) >= 11 is 1.31. The first-order chi connectivity index (χ1) is 20.7. The first-order valence-corrected chi connectivity index (χ1v) is 17.7. The lowest BCUT2D eigenvalue weighted by Gasteiger charge is -2.29. The number of nitrogens with one attached hydrogen (secondary N) is 1. The summed E-state index contributed by atoms with van der Waals surface area (Å²) in [5, 5.41) is 3.40. The van der Waals surface area contributed by atoms with Gasteiger partial charge in [0.15, 0.2) is 0 Å². The number of sulfonamides is 1. The number of hydrogen-bond acceptors (Lipinski definition) is 7. The van der Waals surface area contributed by atoms with Crippen molar-refractivity contribution < 1.29 is 27.5 Å². The zero-order valence-corrected chi connectivity index (χ0v) is 27.2. The molecule has 1 N–H and O–H groups in total. The third-order valence-corrected chi connectivity index (χ3v) is 11.0. The number of anilines is 1. The van der Waals surface area contributed by atoms with Crippen molar-refractivity contribution in [1.82, 2.24) is 14.1 Å². The van der Waals surface area contributed by atoms with Crippen molar-refractivity contribution in [3.05, 3.63) is 45.8 Å². The minimum absolute atomic E-state index is 0.0993. The molecule has 0 aliphatic carbocycles. The van der Waals surface area contributed by atoms with E-state index in [0.29, 0.717) is 61.8 Å². The quantitative estimate of drug-likeness (QED) is 0.320. The molecule has 12 heteroatoms. The van der Waals surface area contributed by atoms with Gasteiger partial charge in [0.05, 0.1) is 23.6 Å². The standard InChI is InChI=1S/C31H44N4O6S2/c1-4-7-19-35(20-8-5-2)43(39,40)24-14-12-23(13-15-24)28(36)32-29-27(30(37)33-17-10-9-11-18-33)25-16-21-34(22-26(25)42-29)31(38)41-6-3/h12-15H,4-11,16-22H2,1-3H3,(H,32,36). The van der Waals surface area contributed by atoms with Gasteiger partial charge >= 0.3 is 6.09 Å². The van der Waals surface area contributed by atoms with Gasteiger partial charge in [-0.2, -0.15) is 4.31 Å². The van der Waals surface area contributed by atoms with Gasteiger partial charge in [0.25, 0.3) is 11.8 Å². The summed E-state index contributed by atoms with van der Waals surface area (Å²) in [5.41, 5.74) is 1.67. The van der Waals surface area contributed by atoms with Crippen LogP contribution in [0.4, 0.5) is 9.80 Å². The summed E-state index contributed by atoms with van der Waals surface area (Å²) in [7, 11) is -3.68. The Morgan fingerprint density at radius 3 is 2.19 bits per heavy atom. The van der Waals surface area contributed by atoms with E-state index in [1.165, 1.54) is 39.9 Å². The summed E-state index contributed by atoms with van der Waals surface area (Å²) in [5.74, 6) is -0.524. The number of rotatable bonds is 12. The van der Waals surface area contributed by atoms with Gasteiger partial charge in [0.2, 0.25) is 10.0 Å². The molecule has 0 radical (unpaired) electrons. The zero-order valence-electron chi connectivity index (χ0n) is 25.5. The minimum Gasteiger partial charge on any atom is -0.450 e. The van der Waals surface area contributed by atoms with Crippen LogP contribution in [0.3, 0.4) is 0 Å². The monoisotopic (exact) mass is 632 g/mol. The Morgan fingerprint density at radius 2 is 1.58 bits per heavy atom. The second kappa shape index (κ2) is 15.2. The number of nitrogens with zero attached hydrogens (tertiary/aromatic N) is 3. The van der Waals surface area contributed by atoms with E-state index in [2.05, 4.69) is 5.32 Å². The van der Waals surface area contributed by atoms with E-state index in [1.807, 2.05) is 18.7 Å². The van der Waals surface area contributed by atoms with Crippen molar-refractivity contribution in [3.63, 3.8) is 0 Å². The molecule has 1 saturated heterocycles. The molecule has 0 saturated carbocycles. The first kappa shape index (κ1) is 32.9. The molecule has 0 atom stereocenters. The van der Waals surface area contributed by atoms with E-state index in [9.17, 15) is 22.8 Å². The van der Waals surface area contributed by atoms with Gasteiger partial charge in [-0.05, 0) is 75.3 Å². The van der Waals surface area contributed by atoms with E-state index in [-0.39, 0.29) is 17.4 Å². The highest BCUT2D eigenvalue weighted by molar-refractivity contribution is 7.89. The van der Waals surface area contributed by atoms with Crippen LogP contribution < -0.4 is 5.32 Å². The van der Waals surface area contributed by atoms with Gasteiger partial charge in [-0.1, -0.05) is 26.7 Å². The highest BCUT2D eigenvalue weighted by Crippen LogP contribution is 2.39. The van der Waals surface area contributed by atoms with E-state index in [0.717, 1.165) is 55.4 Å². The highest BCUT2D eigenvalue weighted by Gasteiger charge is 2.33. The van der Waals surface area contributed by atoms with Crippen LogP contribution in [0.25, 0.3) is 0 Å². The maximum absolute atomic E-state index is 13.8. The Balaban J connectivity index is 1.58. The molecule has 0 unspecified atom stereocenters. The summed E-state index contributed by atoms with van der Waals surface area (Å²) in [4.78, 5) is 44.1. The Bertz CT molecular complexity index is 1380. The second-order valence-electron chi connectivity index (χ2n) is 11.0. The summed E-state index contributed by atoms with van der Waals surface area (Å²) in [6, 6.07) is 5.99. The van der Waals surface area contributed by atoms with Crippen molar-refractivity contribution >= 4 is 44.3 Å². The lowest BCUT2D eigenvalue weighted by molar-refractivity contribution is 0.0724.